The first-order valence-corrected chi connectivity index (χ1v) is 6.91. The highest BCUT2D eigenvalue weighted by Crippen LogP contribution is 2.24. The first kappa shape index (κ1) is 15.8. The Morgan fingerprint density at radius 3 is 2.58 bits per heavy atom. The molecule has 110 valence electrons. The molecule has 0 aromatic heterocycles. The van der Waals surface area contributed by atoms with Crippen molar-refractivity contribution in [2.75, 3.05) is 19.7 Å². The van der Waals surface area contributed by atoms with Gasteiger partial charge in [-0.3, -0.25) is 4.79 Å². The van der Waals surface area contributed by atoms with E-state index >= 15 is 0 Å². The molecule has 3 N–H and O–H groups in total. The van der Waals surface area contributed by atoms with E-state index in [1.807, 2.05) is 0 Å². The SMILES string of the molecule is CC(CNC(=O)N(CCCO)C1CCC1)CC(=O)O. The largest absolute Gasteiger partial charge is 0.481 e. The second-order valence-electron chi connectivity index (χ2n) is 5.24. The predicted molar refractivity (Wildman–Crippen MR) is 70.9 cm³/mol. The molecule has 1 rings (SSSR count). The summed E-state index contributed by atoms with van der Waals surface area (Å²) in [5, 5.41) is 20.3. The van der Waals surface area contributed by atoms with Gasteiger partial charge in [0, 0.05) is 32.2 Å². The number of urea groups is 1. The number of nitrogens with zero attached hydrogens (tertiary/aromatic N) is 1. The van der Waals surface area contributed by atoms with E-state index in [-0.39, 0.29) is 31.0 Å². The highest BCUT2D eigenvalue weighted by Gasteiger charge is 2.28. The van der Waals surface area contributed by atoms with Crippen molar-refractivity contribution in [1.82, 2.24) is 10.2 Å². The molecule has 0 aromatic rings. The highest BCUT2D eigenvalue weighted by atomic mass is 16.4. The van der Waals surface area contributed by atoms with E-state index in [0.29, 0.717) is 19.5 Å². The van der Waals surface area contributed by atoms with Gasteiger partial charge >= 0.3 is 12.0 Å². The van der Waals surface area contributed by atoms with Crippen LogP contribution in [-0.4, -0.2) is 52.9 Å². The van der Waals surface area contributed by atoms with Crippen LogP contribution in [0, 0.1) is 5.92 Å². The van der Waals surface area contributed by atoms with Gasteiger partial charge < -0.3 is 20.4 Å². The second kappa shape index (κ2) is 7.99. The van der Waals surface area contributed by atoms with Crippen LogP contribution in [0.15, 0.2) is 0 Å². The van der Waals surface area contributed by atoms with Crippen LogP contribution in [0.4, 0.5) is 4.79 Å². The maximum atomic E-state index is 12.1. The van der Waals surface area contributed by atoms with Crippen LogP contribution in [0.2, 0.25) is 0 Å². The van der Waals surface area contributed by atoms with Gasteiger partial charge in [-0.05, 0) is 31.6 Å². The summed E-state index contributed by atoms with van der Waals surface area (Å²) in [6, 6.07) is 0.136. The van der Waals surface area contributed by atoms with Crippen molar-refractivity contribution in [3.8, 4) is 0 Å². The number of carboxylic acids is 1. The van der Waals surface area contributed by atoms with E-state index in [0.717, 1.165) is 19.3 Å². The van der Waals surface area contributed by atoms with Crippen molar-refractivity contribution in [3.05, 3.63) is 0 Å². The first-order valence-electron chi connectivity index (χ1n) is 6.91. The molecular weight excluding hydrogens is 248 g/mol. The van der Waals surface area contributed by atoms with E-state index in [1.54, 1.807) is 11.8 Å². The maximum absolute atomic E-state index is 12.1. The Kier molecular flexibility index (Phi) is 6.62. The molecule has 1 aliphatic rings. The zero-order valence-electron chi connectivity index (χ0n) is 11.5. The van der Waals surface area contributed by atoms with Gasteiger partial charge in [0.15, 0.2) is 0 Å². The van der Waals surface area contributed by atoms with Gasteiger partial charge in [0.05, 0.1) is 0 Å². The number of carboxylic acid groups (broad SMARTS) is 1. The Bertz CT molecular complexity index is 305. The van der Waals surface area contributed by atoms with Gasteiger partial charge in [0.1, 0.15) is 0 Å². The average molecular weight is 272 g/mol. The number of carbonyl (C=O) groups excluding carboxylic acids is 1. The van der Waals surface area contributed by atoms with Gasteiger partial charge in [-0.15, -0.1) is 0 Å². The molecule has 6 nitrogen and oxygen atoms in total. The minimum atomic E-state index is -0.849. The number of hydrogen-bond donors (Lipinski definition) is 3. The zero-order chi connectivity index (χ0) is 14.3. The third kappa shape index (κ3) is 5.46. The summed E-state index contributed by atoms with van der Waals surface area (Å²) in [6.07, 6.45) is 3.81. The number of nitrogens with one attached hydrogen (secondary N) is 1. The van der Waals surface area contributed by atoms with Gasteiger partial charge in [-0.2, -0.15) is 0 Å². The summed E-state index contributed by atoms with van der Waals surface area (Å²) in [5.41, 5.74) is 0. The summed E-state index contributed by atoms with van der Waals surface area (Å²) >= 11 is 0. The molecule has 19 heavy (non-hydrogen) atoms. The molecule has 0 heterocycles. The van der Waals surface area contributed by atoms with E-state index in [1.165, 1.54) is 0 Å². The van der Waals surface area contributed by atoms with Crippen molar-refractivity contribution in [2.24, 2.45) is 5.92 Å². The molecule has 1 saturated carbocycles. The van der Waals surface area contributed by atoms with E-state index < -0.39 is 5.97 Å². The maximum Gasteiger partial charge on any atom is 0.317 e. The molecule has 0 aliphatic heterocycles. The number of aliphatic carboxylic acids is 1. The number of hydrogen-bond acceptors (Lipinski definition) is 3. The lowest BCUT2D eigenvalue weighted by Gasteiger charge is -2.37. The molecule has 2 amide bonds. The smallest absolute Gasteiger partial charge is 0.317 e. The normalized spacial score (nSPS) is 16.5. The summed E-state index contributed by atoms with van der Waals surface area (Å²) in [4.78, 5) is 24.4. The molecule has 0 aromatic carbocycles. The van der Waals surface area contributed by atoms with Crippen LogP contribution in [0.25, 0.3) is 0 Å². The standard InChI is InChI=1S/C13H24N2O4/c1-10(8-12(17)18)9-14-13(19)15(6-3-7-16)11-4-2-5-11/h10-11,16H,2-9H2,1H3,(H,14,19)(H,17,18). The van der Waals surface area contributed by atoms with E-state index in [2.05, 4.69) is 5.32 Å². The molecule has 0 spiro atoms. The van der Waals surface area contributed by atoms with E-state index in [4.69, 9.17) is 10.2 Å². The molecule has 1 fully saturated rings. The van der Waals surface area contributed by atoms with Crippen molar-refractivity contribution >= 4 is 12.0 Å². The lowest BCUT2D eigenvalue weighted by Crippen LogP contribution is -2.50. The third-order valence-corrected chi connectivity index (χ3v) is 3.46. The minimum Gasteiger partial charge on any atom is -0.481 e. The summed E-state index contributed by atoms with van der Waals surface area (Å²) in [6.45, 7) is 2.80. The van der Waals surface area contributed by atoms with Crippen molar-refractivity contribution in [3.63, 3.8) is 0 Å². The molecule has 1 unspecified atom stereocenters. The fourth-order valence-electron chi connectivity index (χ4n) is 2.12. The van der Waals surface area contributed by atoms with Crippen molar-refractivity contribution in [2.45, 2.75) is 45.1 Å². The highest BCUT2D eigenvalue weighted by molar-refractivity contribution is 5.74. The number of aliphatic hydroxyl groups is 1. The minimum absolute atomic E-state index is 0.0559. The molecule has 1 aliphatic carbocycles. The van der Waals surface area contributed by atoms with Crippen LogP contribution in [0.5, 0.6) is 0 Å². The molecule has 1 atom stereocenters. The molecule has 0 saturated heterocycles. The third-order valence-electron chi connectivity index (χ3n) is 3.46. The Balaban J connectivity index is 2.36. The summed E-state index contributed by atoms with van der Waals surface area (Å²) < 4.78 is 0. The predicted octanol–water partition coefficient (Wildman–Crippen LogP) is 1.04. The molecule has 6 heteroatoms. The topological polar surface area (TPSA) is 89.9 Å². The van der Waals surface area contributed by atoms with Gasteiger partial charge in [0.2, 0.25) is 0 Å². The van der Waals surface area contributed by atoms with Crippen LogP contribution in [0.1, 0.15) is 39.0 Å². The number of aliphatic hydroxyl groups excluding tert-OH is 1. The average Bonchev–Trinajstić information content (AvgIpc) is 2.28. The molecule has 0 radical (unpaired) electrons. The van der Waals surface area contributed by atoms with Crippen molar-refractivity contribution < 1.29 is 19.8 Å². The summed E-state index contributed by atoms with van der Waals surface area (Å²) in [5.74, 6) is -0.930. The Labute approximate surface area is 113 Å². The van der Waals surface area contributed by atoms with Gasteiger partial charge in [-0.25, -0.2) is 4.79 Å². The van der Waals surface area contributed by atoms with Crippen LogP contribution >= 0.6 is 0 Å². The second-order valence-corrected chi connectivity index (χ2v) is 5.24. The fourth-order valence-corrected chi connectivity index (χ4v) is 2.12. The van der Waals surface area contributed by atoms with Gasteiger partial charge in [-0.1, -0.05) is 6.92 Å². The Hall–Kier alpha value is -1.30. The lowest BCUT2D eigenvalue weighted by atomic mass is 9.91. The van der Waals surface area contributed by atoms with Crippen LogP contribution in [0.3, 0.4) is 0 Å². The van der Waals surface area contributed by atoms with Crippen LogP contribution < -0.4 is 5.32 Å². The van der Waals surface area contributed by atoms with Gasteiger partial charge in [0.25, 0.3) is 0 Å². The summed E-state index contributed by atoms with van der Waals surface area (Å²) in [7, 11) is 0. The monoisotopic (exact) mass is 272 g/mol. The quantitative estimate of drug-likeness (QED) is 0.616. The number of rotatable bonds is 8. The molecule has 0 bridgehead atoms. The fraction of sp³-hybridized carbons (Fsp3) is 0.846. The first-order chi connectivity index (χ1) is 9.04. The Morgan fingerprint density at radius 2 is 2.11 bits per heavy atom. The molecular formula is C13H24N2O4. The van der Waals surface area contributed by atoms with Crippen molar-refractivity contribution in [1.29, 1.82) is 0 Å². The number of amides is 2. The van der Waals surface area contributed by atoms with E-state index in [9.17, 15) is 9.59 Å². The number of carbonyl (C=O) groups is 2. The van der Waals surface area contributed by atoms with Crippen LogP contribution in [-0.2, 0) is 4.79 Å². The Morgan fingerprint density at radius 1 is 1.42 bits per heavy atom. The zero-order valence-corrected chi connectivity index (χ0v) is 11.5. The lowest BCUT2D eigenvalue weighted by molar-refractivity contribution is -0.137.